The Bertz CT molecular complexity index is 533. The summed E-state index contributed by atoms with van der Waals surface area (Å²) in [5.41, 5.74) is 0.207. The summed E-state index contributed by atoms with van der Waals surface area (Å²) in [6, 6.07) is 1.15. The van der Waals surface area contributed by atoms with Crippen molar-refractivity contribution in [1.29, 1.82) is 0 Å². The number of ether oxygens (including phenoxy) is 2. The smallest absolute Gasteiger partial charge is 0.410 e. The third-order valence-corrected chi connectivity index (χ3v) is 3.00. The van der Waals surface area contributed by atoms with Crippen molar-refractivity contribution in [3.63, 3.8) is 0 Å². The van der Waals surface area contributed by atoms with Gasteiger partial charge in [-0.25, -0.2) is 9.59 Å². The first-order valence-electron chi connectivity index (χ1n) is 6.98. The molecule has 7 nitrogen and oxygen atoms in total. The van der Waals surface area contributed by atoms with Crippen LogP contribution < -0.4 is 0 Å². The standard InChI is InChI=1S/C14H21N3O4/c1-5-20-12(18)11-9-16(13(19)21-14(2,3)4)8-10-6-7-15-17(10)11/h6-7,11H,5,8-9H2,1-4H3. The van der Waals surface area contributed by atoms with Crippen molar-refractivity contribution in [2.45, 2.75) is 45.9 Å². The van der Waals surface area contributed by atoms with Crippen LogP contribution in [0.25, 0.3) is 0 Å². The third kappa shape index (κ3) is 3.53. The Balaban J connectivity index is 2.18. The van der Waals surface area contributed by atoms with Crippen molar-refractivity contribution in [3.8, 4) is 0 Å². The van der Waals surface area contributed by atoms with E-state index >= 15 is 0 Å². The lowest BCUT2D eigenvalue weighted by molar-refractivity contribution is -0.148. The quantitative estimate of drug-likeness (QED) is 0.777. The molecule has 1 aliphatic rings. The zero-order valence-corrected chi connectivity index (χ0v) is 12.8. The predicted molar refractivity (Wildman–Crippen MR) is 74.5 cm³/mol. The number of esters is 1. The van der Waals surface area contributed by atoms with Gasteiger partial charge in [-0.2, -0.15) is 5.10 Å². The van der Waals surface area contributed by atoms with Gasteiger partial charge in [-0.3, -0.25) is 9.58 Å². The molecule has 1 unspecified atom stereocenters. The highest BCUT2D eigenvalue weighted by molar-refractivity contribution is 5.76. The third-order valence-electron chi connectivity index (χ3n) is 3.00. The lowest BCUT2D eigenvalue weighted by Gasteiger charge is -2.33. The second kappa shape index (κ2) is 5.75. The summed E-state index contributed by atoms with van der Waals surface area (Å²) in [5.74, 6) is -0.393. The molecule has 0 bridgehead atoms. The highest BCUT2D eigenvalue weighted by Gasteiger charge is 2.35. The summed E-state index contributed by atoms with van der Waals surface area (Å²) in [4.78, 5) is 25.7. The van der Waals surface area contributed by atoms with E-state index in [0.29, 0.717) is 13.2 Å². The topological polar surface area (TPSA) is 73.7 Å². The van der Waals surface area contributed by atoms with Crippen LogP contribution in [-0.4, -0.2) is 45.5 Å². The number of hydrogen-bond donors (Lipinski definition) is 0. The Hall–Kier alpha value is -2.05. The minimum atomic E-state index is -0.629. The fraction of sp³-hybridized carbons (Fsp3) is 0.643. The first-order chi connectivity index (χ1) is 9.81. The minimum absolute atomic E-state index is 0.197. The van der Waals surface area contributed by atoms with Gasteiger partial charge in [0.2, 0.25) is 0 Å². The van der Waals surface area contributed by atoms with Crippen LogP contribution in [0.4, 0.5) is 4.79 Å². The zero-order chi connectivity index (χ0) is 15.6. The molecule has 0 radical (unpaired) electrons. The van der Waals surface area contributed by atoms with Gasteiger partial charge in [-0.1, -0.05) is 0 Å². The molecule has 21 heavy (non-hydrogen) atoms. The maximum Gasteiger partial charge on any atom is 0.410 e. The molecule has 0 fully saturated rings. The highest BCUT2D eigenvalue weighted by atomic mass is 16.6. The van der Waals surface area contributed by atoms with Gasteiger partial charge in [0.15, 0.2) is 6.04 Å². The van der Waals surface area contributed by atoms with E-state index in [2.05, 4.69) is 5.10 Å². The molecule has 2 heterocycles. The van der Waals surface area contributed by atoms with Gasteiger partial charge < -0.3 is 9.47 Å². The first kappa shape index (κ1) is 15.3. The molecule has 0 spiro atoms. The van der Waals surface area contributed by atoms with Gasteiger partial charge >= 0.3 is 12.1 Å². The van der Waals surface area contributed by atoms with Crippen LogP contribution in [0.15, 0.2) is 12.3 Å². The average Bonchev–Trinajstić information content (AvgIpc) is 2.83. The Morgan fingerprint density at radius 1 is 1.43 bits per heavy atom. The van der Waals surface area contributed by atoms with Gasteiger partial charge in [0.05, 0.1) is 25.4 Å². The molecule has 0 saturated heterocycles. The van der Waals surface area contributed by atoms with E-state index in [0.717, 1.165) is 5.69 Å². The maximum absolute atomic E-state index is 12.2. The van der Waals surface area contributed by atoms with E-state index in [1.54, 1.807) is 23.9 Å². The Morgan fingerprint density at radius 3 is 2.76 bits per heavy atom. The number of rotatable bonds is 2. The molecule has 1 amide bonds. The largest absolute Gasteiger partial charge is 0.464 e. The number of amides is 1. The van der Waals surface area contributed by atoms with Crippen LogP contribution >= 0.6 is 0 Å². The van der Waals surface area contributed by atoms with Crippen molar-refractivity contribution >= 4 is 12.1 Å². The second-order valence-corrected chi connectivity index (χ2v) is 5.90. The summed E-state index contributed by atoms with van der Waals surface area (Å²) in [5, 5.41) is 4.15. The van der Waals surface area contributed by atoms with Crippen molar-refractivity contribution in [2.75, 3.05) is 13.2 Å². The summed E-state index contributed by atoms with van der Waals surface area (Å²) in [6.45, 7) is 8.02. The molecule has 116 valence electrons. The maximum atomic E-state index is 12.2. The molecular weight excluding hydrogens is 274 g/mol. The predicted octanol–water partition coefficient (Wildman–Crippen LogP) is 1.74. The van der Waals surface area contributed by atoms with E-state index in [4.69, 9.17) is 9.47 Å². The molecular formula is C14H21N3O4. The Labute approximate surface area is 123 Å². The van der Waals surface area contributed by atoms with Crippen LogP contribution in [0.3, 0.4) is 0 Å². The lowest BCUT2D eigenvalue weighted by Crippen LogP contribution is -2.46. The van der Waals surface area contributed by atoms with Gasteiger partial charge in [0.25, 0.3) is 0 Å². The monoisotopic (exact) mass is 295 g/mol. The molecule has 1 atom stereocenters. The normalized spacial score (nSPS) is 18.1. The minimum Gasteiger partial charge on any atom is -0.464 e. The number of fused-ring (bicyclic) bond motifs is 1. The van der Waals surface area contributed by atoms with Crippen molar-refractivity contribution in [2.24, 2.45) is 0 Å². The average molecular weight is 295 g/mol. The number of nitrogens with zero attached hydrogens (tertiary/aromatic N) is 3. The first-order valence-corrected chi connectivity index (χ1v) is 6.98. The molecule has 1 aliphatic heterocycles. The Morgan fingerprint density at radius 2 is 2.14 bits per heavy atom. The number of carbonyl (C=O) groups excluding carboxylic acids is 2. The Kier molecular flexibility index (Phi) is 4.20. The van der Waals surface area contributed by atoms with Gasteiger partial charge in [0, 0.05) is 6.20 Å². The van der Waals surface area contributed by atoms with Crippen molar-refractivity contribution in [1.82, 2.24) is 14.7 Å². The summed E-state index contributed by atoms with van der Waals surface area (Å²) < 4.78 is 12.0. The summed E-state index contributed by atoms with van der Waals surface area (Å²) >= 11 is 0. The van der Waals surface area contributed by atoms with E-state index in [9.17, 15) is 9.59 Å². The van der Waals surface area contributed by atoms with Crippen LogP contribution in [0.5, 0.6) is 0 Å². The van der Waals surface area contributed by atoms with Crippen molar-refractivity contribution in [3.05, 3.63) is 18.0 Å². The molecule has 0 aliphatic carbocycles. The molecule has 0 saturated carbocycles. The SMILES string of the molecule is CCOC(=O)C1CN(C(=O)OC(C)(C)C)Cc2ccnn21. The van der Waals surface area contributed by atoms with Crippen molar-refractivity contribution < 1.29 is 19.1 Å². The highest BCUT2D eigenvalue weighted by Crippen LogP contribution is 2.23. The van der Waals surface area contributed by atoms with Gasteiger partial charge in [0.1, 0.15) is 5.60 Å². The van der Waals surface area contributed by atoms with Crippen LogP contribution in [0, 0.1) is 0 Å². The fourth-order valence-electron chi connectivity index (χ4n) is 2.17. The summed E-state index contributed by atoms with van der Waals surface area (Å²) in [6.07, 6.45) is 1.17. The number of aromatic nitrogens is 2. The number of carbonyl (C=O) groups is 2. The molecule has 1 aromatic rings. The van der Waals surface area contributed by atoms with E-state index in [-0.39, 0.29) is 6.54 Å². The van der Waals surface area contributed by atoms with Crippen LogP contribution in [0.2, 0.25) is 0 Å². The van der Waals surface area contributed by atoms with E-state index < -0.39 is 23.7 Å². The van der Waals surface area contributed by atoms with Gasteiger partial charge in [-0.05, 0) is 33.8 Å². The molecule has 7 heteroatoms. The lowest BCUT2D eigenvalue weighted by atomic mass is 10.2. The van der Waals surface area contributed by atoms with E-state index in [1.165, 1.54) is 4.90 Å². The molecule has 1 aromatic heterocycles. The zero-order valence-electron chi connectivity index (χ0n) is 12.8. The molecule has 2 rings (SSSR count). The molecule has 0 N–H and O–H groups in total. The second-order valence-electron chi connectivity index (χ2n) is 5.90. The fourth-order valence-corrected chi connectivity index (χ4v) is 2.17. The van der Waals surface area contributed by atoms with E-state index in [1.807, 2.05) is 20.8 Å². The number of hydrogen-bond acceptors (Lipinski definition) is 5. The van der Waals surface area contributed by atoms with Gasteiger partial charge in [-0.15, -0.1) is 0 Å². The van der Waals surface area contributed by atoms with Crippen LogP contribution in [-0.2, 0) is 20.8 Å². The molecule has 0 aromatic carbocycles. The van der Waals surface area contributed by atoms with Crippen LogP contribution in [0.1, 0.15) is 39.4 Å². The summed E-state index contributed by atoms with van der Waals surface area (Å²) in [7, 11) is 0.